The van der Waals surface area contributed by atoms with E-state index in [4.69, 9.17) is 10.5 Å². The summed E-state index contributed by atoms with van der Waals surface area (Å²) >= 11 is 0. The fourth-order valence-electron chi connectivity index (χ4n) is 2.33. The molecular weight excluding hydrogens is 260 g/mol. The van der Waals surface area contributed by atoms with Crippen LogP contribution in [0.3, 0.4) is 0 Å². The molecule has 104 valence electrons. The highest BCUT2D eigenvalue weighted by Crippen LogP contribution is 2.26. The van der Waals surface area contributed by atoms with Crippen LogP contribution >= 0.6 is 0 Å². The van der Waals surface area contributed by atoms with Gasteiger partial charge in [-0.15, -0.1) is 0 Å². The predicted molar refractivity (Wildman–Crippen MR) is 72.3 cm³/mol. The molecule has 1 aromatic carbocycles. The molecule has 1 aliphatic heterocycles. The quantitative estimate of drug-likeness (QED) is 0.846. The Morgan fingerprint density at radius 3 is 3.00 bits per heavy atom. The van der Waals surface area contributed by atoms with Crippen molar-refractivity contribution >= 4 is 28.8 Å². The van der Waals surface area contributed by atoms with E-state index in [0.29, 0.717) is 11.7 Å². The SMILES string of the molecule is COc1ccc2nc(N3CC(C(N)=O)CC3=O)[nH]c2c1. The number of methoxy groups -OCH3 is 1. The summed E-state index contributed by atoms with van der Waals surface area (Å²) < 4.78 is 5.14. The van der Waals surface area contributed by atoms with Gasteiger partial charge in [0.05, 0.1) is 24.1 Å². The van der Waals surface area contributed by atoms with Gasteiger partial charge in [0.2, 0.25) is 17.8 Å². The number of hydrogen-bond acceptors (Lipinski definition) is 4. The van der Waals surface area contributed by atoms with Crippen LogP contribution in [0.4, 0.5) is 5.95 Å². The molecule has 0 aliphatic carbocycles. The average molecular weight is 274 g/mol. The number of ether oxygens (including phenoxy) is 1. The zero-order valence-corrected chi connectivity index (χ0v) is 10.9. The van der Waals surface area contributed by atoms with Gasteiger partial charge in [-0.05, 0) is 12.1 Å². The number of hydrogen-bond donors (Lipinski definition) is 2. The summed E-state index contributed by atoms with van der Waals surface area (Å²) in [7, 11) is 1.58. The zero-order chi connectivity index (χ0) is 14.3. The Morgan fingerprint density at radius 1 is 1.55 bits per heavy atom. The molecule has 3 rings (SSSR count). The van der Waals surface area contributed by atoms with Gasteiger partial charge in [0, 0.05) is 19.0 Å². The molecule has 1 aliphatic rings. The summed E-state index contributed by atoms with van der Waals surface area (Å²) in [6.45, 7) is 0.269. The molecule has 2 aromatic rings. The van der Waals surface area contributed by atoms with Crippen molar-refractivity contribution in [1.29, 1.82) is 0 Å². The summed E-state index contributed by atoms with van der Waals surface area (Å²) in [6, 6.07) is 5.41. The van der Waals surface area contributed by atoms with E-state index in [-0.39, 0.29) is 18.9 Å². The fourth-order valence-corrected chi connectivity index (χ4v) is 2.33. The lowest BCUT2D eigenvalue weighted by Gasteiger charge is -2.11. The summed E-state index contributed by atoms with van der Waals surface area (Å²) in [5.74, 6) is 0.0705. The number of aromatic amines is 1. The summed E-state index contributed by atoms with van der Waals surface area (Å²) in [4.78, 5) is 32.0. The molecule has 0 saturated carbocycles. The molecule has 1 atom stereocenters. The summed E-state index contributed by atoms with van der Waals surface area (Å²) in [6.07, 6.45) is 0.135. The number of benzene rings is 1. The molecule has 2 heterocycles. The average Bonchev–Trinajstić information content (AvgIpc) is 3.00. The van der Waals surface area contributed by atoms with Crippen LogP contribution in [-0.2, 0) is 9.59 Å². The van der Waals surface area contributed by atoms with Crippen molar-refractivity contribution < 1.29 is 14.3 Å². The van der Waals surface area contributed by atoms with Crippen molar-refractivity contribution in [1.82, 2.24) is 9.97 Å². The van der Waals surface area contributed by atoms with Crippen LogP contribution in [0.2, 0.25) is 0 Å². The Kier molecular flexibility index (Phi) is 2.81. The number of amides is 2. The molecular formula is C13H14N4O3. The predicted octanol–water partition coefficient (Wildman–Crippen LogP) is 0.410. The van der Waals surface area contributed by atoms with Crippen molar-refractivity contribution in [3.8, 4) is 5.75 Å². The van der Waals surface area contributed by atoms with Gasteiger partial charge in [0.1, 0.15) is 5.75 Å². The second-order valence-corrected chi connectivity index (χ2v) is 4.75. The van der Waals surface area contributed by atoms with Crippen LogP contribution < -0.4 is 15.4 Å². The maximum Gasteiger partial charge on any atom is 0.230 e. The summed E-state index contributed by atoms with van der Waals surface area (Å²) in [5.41, 5.74) is 6.75. The van der Waals surface area contributed by atoms with E-state index in [0.717, 1.165) is 11.0 Å². The van der Waals surface area contributed by atoms with Crippen molar-refractivity contribution in [2.24, 2.45) is 11.7 Å². The van der Waals surface area contributed by atoms with Crippen LogP contribution in [0.1, 0.15) is 6.42 Å². The third-order valence-electron chi connectivity index (χ3n) is 3.46. The molecule has 2 amide bonds. The number of rotatable bonds is 3. The fraction of sp³-hybridized carbons (Fsp3) is 0.308. The number of carbonyl (C=O) groups is 2. The molecule has 0 bridgehead atoms. The minimum atomic E-state index is -0.460. The van der Waals surface area contributed by atoms with E-state index < -0.39 is 11.8 Å². The molecule has 7 nitrogen and oxygen atoms in total. The molecule has 20 heavy (non-hydrogen) atoms. The van der Waals surface area contributed by atoms with Gasteiger partial charge in [-0.25, -0.2) is 4.98 Å². The van der Waals surface area contributed by atoms with Crippen LogP contribution in [0.15, 0.2) is 18.2 Å². The molecule has 3 N–H and O–H groups in total. The Labute approximate surface area is 114 Å². The van der Waals surface area contributed by atoms with Crippen LogP contribution in [0.5, 0.6) is 5.75 Å². The third kappa shape index (κ3) is 1.97. The van der Waals surface area contributed by atoms with Crippen LogP contribution in [0.25, 0.3) is 11.0 Å². The number of fused-ring (bicyclic) bond motifs is 1. The lowest BCUT2D eigenvalue weighted by atomic mass is 10.1. The normalized spacial score (nSPS) is 18.8. The molecule has 1 aromatic heterocycles. The minimum Gasteiger partial charge on any atom is -0.497 e. The maximum atomic E-state index is 11.9. The minimum absolute atomic E-state index is 0.135. The van der Waals surface area contributed by atoms with E-state index >= 15 is 0 Å². The molecule has 7 heteroatoms. The van der Waals surface area contributed by atoms with Gasteiger partial charge < -0.3 is 15.5 Å². The highest BCUT2D eigenvalue weighted by molar-refractivity contribution is 5.99. The van der Waals surface area contributed by atoms with Gasteiger partial charge >= 0.3 is 0 Å². The number of anilines is 1. The number of aromatic nitrogens is 2. The molecule has 1 unspecified atom stereocenters. The number of nitrogens with two attached hydrogens (primary N) is 1. The lowest BCUT2D eigenvalue weighted by molar-refractivity contribution is -0.123. The number of primary amides is 1. The number of nitrogens with one attached hydrogen (secondary N) is 1. The van der Waals surface area contributed by atoms with Crippen molar-refractivity contribution in [3.63, 3.8) is 0 Å². The van der Waals surface area contributed by atoms with E-state index in [1.165, 1.54) is 4.90 Å². The first-order valence-electron chi connectivity index (χ1n) is 6.22. The molecule has 0 radical (unpaired) electrons. The topological polar surface area (TPSA) is 101 Å². The van der Waals surface area contributed by atoms with Crippen molar-refractivity contribution in [2.75, 3.05) is 18.6 Å². The van der Waals surface area contributed by atoms with Crippen LogP contribution in [-0.4, -0.2) is 35.4 Å². The largest absolute Gasteiger partial charge is 0.497 e. The Hall–Kier alpha value is -2.57. The third-order valence-corrected chi connectivity index (χ3v) is 3.46. The zero-order valence-electron chi connectivity index (χ0n) is 10.9. The van der Waals surface area contributed by atoms with Gasteiger partial charge in [-0.2, -0.15) is 0 Å². The monoisotopic (exact) mass is 274 g/mol. The van der Waals surface area contributed by atoms with Gasteiger partial charge in [0.25, 0.3) is 0 Å². The molecule has 1 saturated heterocycles. The second-order valence-electron chi connectivity index (χ2n) is 4.75. The first-order chi connectivity index (χ1) is 9.58. The van der Waals surface area contributed by atoms with Gasteiger partial charge in [-0.3, -0.25) is 14.5 Å². The maximum absolute atomic E-state index is 11.9. The Morgan fingerprint density at radius 2 is 2.35 bits per heavy atom. The number of imidazole rings is 1. The first-order valence-corrected chi connectivity index (χ1v) is 6.22. The smallest absolute Gasteiger partial charge is 0.230 e. The second kappa shape index (κ2) is 4.52. The Bertz CT molecular complexity index is 694. The number of H-pyrrole nitrogens is 1. The number of carbonyl (C=O) groups excluding carboxylic acids is 2. The van der Waals surface area contributed by atoms with E-state index in [1.54, 1.807) is 25.3 Å². The molecule has 1 fully saturated rings. The molecule has 0 spiro atoms. The van der Waals surface area contributed by atoms with E-state index in [2.05, 4.69) is 9.97 Å². The highest BCUT2D eigenvalue weighted by Gasteiger charge is 2.35. The summed E-state index contributed by atoms with van der Waals surface area (Å²) in [5, 5.41) is 0. The number of nitrogens with zero attached hydrogens (tertiary/aromatic N) is 2. The van der Waals surface area contributed by atoms with E-state index in [9.17, 15) is 9.59 Å². The Balaban J connectivity index is 1.94. The van der Waals surface area contributed by atoms with Crippen molar-refractivity contribution in [3.05, 3.63) is 18.2 Å². The van der Waals surface area contributed by atoms with E-state index in [1.807, 2.05) is 0 Å². The highest BCUT2D eigenvalue weighted by atomic mass is 16.5. The van der Waals surface area contributed by atoms with Crippen LogP contribution in [0, 0.1) is 5.92 Å². The standard InChI is InChI=1S/C13H14N4O3/c1-20-8-2-3-9-10(5-8)16-13(15-9)17-6-7(12(14)19)4-11(17)18/h2-3,5,7H,4,6H2,1H3,(H2,14,19)(H,15,16). The van der Waals surface area contributed by atoms with Gasteiger partial charge in [0.15, 0.2) is 0 Å². The van der Waals surface area contributed by atoms with Crippen molar-refractivity contribution in [2.45, 2.75) is 6.42 Å². The lowest BCUT2D eigenvalue weighted by Crippen LogP contribution is -2.29. The van der Waals surface area contributed by atoms with Gasteiger partial charge in [-0.1, -0.05) is 0 Å². The first kappa shape index (κ1) is 12.5.